The molecule has 3 atom stereocenters. The van der Waals surface area contributed by atoms with Gasteiger partial charge in [0, 0.05) is 15.7 Å². The summed E-state index contributed by atoms with van der Waals surface area (Å²) in [6.07, 6.45) is -1.70. The first-order valence-corrected chi connectivity index (χ1v) is 7.02. The molecule has 1 aromatic rings. The molecule has 1 aromatic carbocycles. The van der Waals surface area contributed by atoms with Gasteiger partial charge in [0.2, 0.25) is 5.91 Å². The van der Waals surface area contributed by atoms with Gasteiger partial charge in [-0.2, -0.15) is 0 Å². The van der Waals surface area contributed by atoms with Crippen molar-refractivity contribution in [3.63, 3.8) is 0 Å². The molecule has 0 spiro atoms. The molecule has 0 aliphatic heterocycles. The van der Waals surface area contributed by atoms with Gasteiger partial charge in [-0.15, -0.1) is 0 Å². The molecular formula is C14H14Cl2FNO3. The summed E-state index contributed by atoms with van der Waals surface area (Å²) in [7, 11) is 0. The summed E-state index contributed by atoms with van der Waals surface area (Å²) in [4.78, 5) is 23.7. The number of hydrogen-bond donors (Lipinski definition) is 2. The lowest BCUT2D eigenvalue weighted by atomic mass is 9.49. The molecule has 0 saturated heterocycles. The lowest BCUT2D eigenvalue weighted by molar-refractivity contribution is -0.192. The number of benzene rings is 1. The summed E-state index contributed by atoms with van der Waals surface area (Å²) in [6, 6.07) is 4.47. The highest BCUT2D eigenvalue weighted by molar-refractivity contribution is 6.35. The van der Waals surface area contributed by atoms with E-state index < -0.39 is 28.9 Å². The van der Waals surface area contributed by atoms with Crippen LogP contribution in [0.5, 0.6) is 0 Å². The third kappa shape index (κ3) is 2.38. The SMILES string of the molecule is CC1(C(=O)Nc2cc(Cl)cc(Cl)c2)CC(F)C1(C)C(=O)O. The van der Waals surface area contributed by atoms with Crippen LogP contribution in [0.15, 0.2) is 18.2 Å². The average molecular weight is 334 g/mol. The number of alkyl halides is 1. The molecule has 4 nitrogen and oxygen atoms in total. The van der Waals surface area contributed by atoms with Crippen LogP contribution in [0.2, 0.25) is 10.0 Å². The number of carbonyl (C=O) groups is 2. The topological polar surface area (TPSA) is 66.4 Å². The lowest BCUT2D eigenvalue weighted by Crippen LogP contribution is -2.65. The molecule has 2 rings (SSSR count). The molecule has 0 aromatic heterocycles. The van der Waals surface area contributed by atoms with Crippen molar-refractivity contribution in [3.05, 3.63) is 28.2 Å². The van der Waals surface area contributed by atoms with Crippen molar-refractivity contribution in [2.75, 3.05) is 5.32 Å². The van der Waals surface area contributed by atoms with Crippen molar-refractivity contribution in [2.45, 2.75) is 26.4 Å². The molecular weight excluding hydrogens is 320 g/mol. The Hall–Kier alpha value is -1.33. The number of rotatable bonds is 3. The van der Waals surface area contributed by atoms with Crippen LogP contribution in [-0.2, 0) is 9.59 Å². The fourth-order valence-electron chi connectivity index (χ4n) is 2.58. The van der Waals surface area contributed by atoms with Crippen LogP contribution >= 0.6 is 23.2 Å². The van der Waals surface area contributed by atoms with E-state index >= 15 is 0 Å². The van der Waals surface area contributed by atoms with Crippen molar-refractivity contribution >= 4 is 40.8 Å². The Morgan fingerprint density at radius 1 is 1.29 bits per heavy atom. The predicted molar refractivity (Wildman–Crippen MR) is 78.5 cm³/mol. The van der Waals surface area contributed by atoms with Crippen LogP contribution < -0.4 is 5.32 Å². The number of carboxylic acids is 1. The maximum absolute atomic E-state index is 13.7. The van der Waals surface area contributed by atoms with Crippen molar-refractivity contribution in [3.8, 4) is 0 Å². The molecule has 3 unspecified atom stereocenters. The number of aliphatic carboxylic acids is 1. The van der Waals surface area contributed by atoms with Gasteiger partial charge >= 0.3 is 5.97 Å². The van der Waals surface area contributed by atoms with Gasteiger partial charge in [0.15, 0.2) is 0 Å². The smallest absolute Gasteiger partial charge is 0.313 e. The monoisotopic (exact) mass is 333 g/mol. The Labute approximate surface area is 131 Å². The Bertz CT molecular complexity index is 604. The van der Waals surface area contributed by atoms with E-state index in [1.807, 2.05) is 0 Å². The van der Waals surface area contributed by atoms with Gasteiger partial charge < -0.3 is 10.4 Å². The number of carboxylic acid groups (broad SMARTS) is 1. The van der Waals surface area contributed by atoms with Crippen molar-refractivity contribution in [2.24, 2.45) is 10.8 Å². The first kappa shape index (κ1) is 16.0. The number of carbonyl (C=O) groups excluding carboxylic acids is 1. The van der Waals surface area contributed by atoms with Gasteiger partial charge in [-0.3, -0.25) is 9.59 Å². The van der Waals surface area contributed by atoms with Gasteiger partial charge in [-0.1, -0.05) is 23.2 Å². The Kier molecular flexibility index (Phi) is 3.93. The van der Waals surface area contributed by atoms with E-state index in [1.54, 1.807) is 0 Å². The third-order valence-electron chi connectivity index (χ3n) is 4.43. The van der Waals surface area contributed by atoms with Crippen molar-refractivity contribution in [1.29, 1.82) is 0 Å². The Morgan fingerprint density at radius 3 is 2.24 bits per heavy atom. The zero-order chi connectivity index (χ0) is 16.0. The Balaban J connectivity index is 2.26. The van der Waals surface area contributed by atoms with Gasteiger partial charge in [-0.05, 0) is 38.5 Å². The average Bonchev–Trinajstić information content (AvgIpc) is 2.35. The van der Waals surface area contributed by atoms with Gasteiger partial charge in [0.25, 0.3) is 0 Å². The minimum Gasteiger partial charge on any atom is -0.481 e. The highest BCUT2D eigenvalue weighted by atomic mass is 35.5. The van der Waals surface area contributed by atoms with Crippen molar-refractivity contribution < 1.29 is 19.1 Å². The molecule has 0 radical (unpaired) electrons. The zero-order valence-corrected chi connectivity index (χ0v) is 12.9. The Morgan fingerprint density at radius 2 is 1.81 bits per heavy atom. The fraction of sp³-hybridized carbons (Fsp3) is 0.429. The normalized spacial score (nSPS) is 31.4. The zero-order valence-electron chi connectivity index (χ0n) is 11.4. The van der Waals surface area contributed by atoms with E-state index in [2.05, 4.69) is 5.32 Å². The first-order valence-electron chi connectivity index (χ1n) is 6.26. The number of amides is 1. The van der Waals surface area contributed by atoms with Crippen LogP contribution in [0.25, 0.3) is 0 Å². The predicted octanol–water partition coefficient (Wildman–Crippen LogP) is 3.77. The molecule has 2 N–H and O–H groups in total. The summed E-state index contributed by atoms with van der Waals surface area (Å²) >= 11 is 11.7. The van der Waals surface area contributed by atoms with E-state index in [1.165, 1.54) is 32.0 Å². The summed E-state index contributed by atoms with van der Waals surface area (Å²) in [5.41, 5.74) is -2.75. The summed E-state index contributed by atoms with van der Waals surface area (Å²) in [5, 5.41) is 12.5. The maximum Gasteiger partial charge on any atom is 0.313 e. The second-order valence-corrected chi connectivity index (χ2v) is 6.50. The lowest BCUT2D eigenvalue weighted by Gasteiger charge is -2.53. The summed E-state index contributed by atoms with van der Waals surface area (Å²) in [6.45, 7) is 2.69. The molecule has 0 bridgehead atoms. The van der Waals surface area contributed by atoms with Crippen LogP contribution in [0.1, 0.15) is 20.3 Å². The van der Waals surface area contributed by atoms with E-state index in [9.17, 15) is 19.1 Å². The van der Waals surface area contributed by atoms with E-state index in [0.29, 0.717) is 15.7 Å². The van der Waals surface area contributed by atoms with Crippen LogP contribution in [0.3, 0.4) is 0 Å². The number of nitrogens with one attached hydrogen (secondary N) is 1. The second-order valence-electron chi connectivity index (χ2n) is 5.62. The minimum absolute atomic E-state index is 0.143. The molecule has 7 heteroatoms. The minimum atomic E-state index is -1.75. The number of anilines is 1. The third-order valence-corrected chi connectivity index (χ3v) is 4.86. The van der Waals surface area contributed by atoms with Crippen LogP contribution in [0.4, 0.5) is 10.1 Å². The molecule has 114 valence electrons. The largest absolute Gasteiger partial charge is 0.481 e. The standard InChI is InChI=1S/C14H14Cl2FNO3/c1-13(6-10(17)14(13,2)12(20)21)11(19)18-9-4-7(15)3-8(16)5-9/h3-5,10H,6H2,1-2H3,(H,18,19)(H,20,21). The van der Waals surface area contributed by atoms with E-state index in [0.717, 1.165) is 0 Å². The molecule has 0 heterocycles. The molecule has 1 aliphatic carbocycles. The van der Waals surface area contributed by atoms with Crippen LogP contribution in [-0.4, -0.2) is 23.2 Å². The van der Waals surface area contributed by atoms with Crippen molar-refractivity contribution in [1.82, 2.24) is 0 Å². The second kappa shape index (κ2) is 5.14. The fourth-order valence-corrected chi connectivity index (χ4v) is 3.11. The number of halogens is 3. The van der Waals surface area contributed by atoms with Crippen LogP contribution in [0, 0.1) is 10.8 Å². The summed E-state index contributed by atoms with van der Waals surface area (Å²) in [5.74, 6) is -1.90. The van der Waals surface area contributed by atoms with E-state index in [-0.39, 0.29) is 6.42 Å². The molecule has 21 heavy (non-hydrogen) atoms. The number of hydrogen-bond acceptors (Lipinski definition) is 2. The summed E-state index contributed by atoms with van der Waals surface area (Å²) < 4.78 is 13.7. The van der Waals surface area contributed by atoms with Gasteiger partial charge in [0.05, 0.1) is 5.41 Å². The first-order chi connectivity index (χ1) is 9.61. The van der Waals surface area contributed by atoms with Gasteiger partial charge in [-0.25, -0.2) is 4.39 Å². The molecule has 1 aliphatic rings. The highest BCUT2D eigenvalue weighted by Crippen LogP contribution is 2.58. The van der Waals surface area contributed by atoms with Gasteiger partial charge in [0.1, 0.15) is 11.6 Å². The molecule has 1 fully saturated rings. The molecule has 1 saturated carbocycles. The quantitative estimate of drug-likeness (QED) is 0.884. The molecule has 1 amide bonds. The van der Waals surface area contributed by atoms with E-state index in [4.69, 9.17) is 23.2 Å². The maximum atomic E-state index is 13.7. The highest BCUT2D eigenvalue weighted by Gasteiger charge is 2.69.